The van der Waals surface area contributed by atoms with Crippen LogP contribution in [0.25, 0.3) is 0 Å². The van der Waals surface area contributed by atoms with E-state index in [0.29, 0.717) is 23.7 Å². The molecule has 0 spiro atoms. The molecule has 1 aromatic carbocycles. The minimum absolute atomic E-state index is 0.0634. The fraction of sp³-hybridized carbons (Fsp3) is 0.500. The zero-order valence-corrected chi connectivity index (χ0v) is 11.9. The molecule has 0 bridgehead atoms. The van der Waals surface area contributed by atoms with E-state index in [0.717, 1.165) is 0 Å². The molecule has 1 atom stereocenters. The average Bonchev–Trinajstić information content (AvgIpc) is 2.37. The third kappa shape index (κ3) is 3.47. The number of carbonyl (C=O) groups excluding carboxylic acids is 1. The smallest absolute Gasteiger partial charge is 0.254 e. The van der Waals surface area contributed by atoms with Gasteiger partial charge in [-0.05, 0) is 38.1 Å². The second-order valence-electron chi connectivity index (χ2n) is 5.37. The van der Waals surface area contributed by atoms with Crippen molar-refractivity contribution in [1.29, 1.82) is 0 Å². The number of amides is 1. The molecule has 1 fully saturated rings. The van der Waals surface area contributed by atoms with Crippen LogP contribution in [-0.2, 0) is 4.74 Å². The van der Waals surface area contributed by atoms with Crippen LogP contribution in [0.1, 0.15) is 24.2 Å². The number of hydrogen-bond acceptors (Lipinski definition) is 3. The predicted molar refractivity (Wildman–Crippen MR) is 73.4 cm³/mol. The van der Waals surface area contributed by atoms with Gasteiger partial charge in [0.2, 0.25) is 0 Å². The summed E-state index contributed by atoms with van der Waals surface area (Å²) >= 11 is 5.82. The van der Waals surface area contributed by atoms with Crippen LogP contribution < -0.4 is 0 Å². The molecule has 1 amide bonds. The van der Waals surface area contributed by atoms with Crippen LogP contribution in [0.3, 0.4) is 0 Å². The summed E-state index contributed by atoms with van der Waals surface area (Å²) in [7, 11) is 0. The van der Waals surface area contributed by atoms with Gasteiger partial charge in [-0.25, -0.2) is 0 Å². The number of aliphatic hydroxyl groups is 1. The third-order valence-electron chi connectivity index (χ3n) is 3.06. The van der Waals surface area contributed by atoms with Gasteiger partial charge in [0.15, 0.2) is 0 Å². The van der Waals surface area contributed by atoms with Crippen molar-refractivity contribution in [1.82, 2.24) is 4.90 Å². The number of halogens is 1. The first-order valence-electron chi connectivity index (χ1n) is 6.25. The Bertz CT molecular complexity index is 458. The molecule has 2 rings (SSSR count). The topological polar surface area (TPSA) is 49.8 Å². The van der Waals surface area contributed by atoms with Crippen LogP contribution >= 0.6 is 11.6 Å². The van der Waals surface area contributed by atoms with E-state index in [1.165, 1.54) is 0 Å². The molecular formula is C14H18ClNO3. The summed E-state index contributed by atoms with van der Waals surface area (Å²) < 4.78 is 5.69. The van der Waals surface area contributed by atoms with E-state index in [4.69, 9.17) is 16.3 Å². The molecule has 1 unspecified atom stereocenters. The average molecular weight is 284 g/mol. The van der Waals surface area contributed by atoms with Crippen LogP contribution in [0.2, 0.25) is 5.02 Å². The monoisotopic (exact) mass is 283 g/mol. The van der Waals surface area contributed by atoms with Gasteiger partial charge < -0.3 is 14.7 Å². The minimum Gasteiger partial charge on any atom is -0.394 e. The first-order valence-corrected chi connectivity index (χ1v) is 6.62. The lowest BCUT2D eigenvalue weighted by Crippen LogP contribution is -2.55. The van der Waals surface area contributed by atoms with E-state index in [9.17, 15) is 9.90 Å². The second-order valence-corrected chi connectivity index (χ2v) is 5.81. The fourth-order valence-corrected chi connectivity index (χ4v) is 2.45. The molecule has 1 heterocycles. The largest absolute Gasteiger partial charge is 0.394 e. The van der Waals surface area contributed by atoms with Crippen LogP contribution in [0.4, 0.5) is 0 Å². The Morgan fingerprint density at radius 1 is 1.47 bits per heavy atom. The highest BCUT2D eigenvalue weighted by Gasteiger charge is 2.35. The maximum absolute atomic E-state index is 12.4. The molecular weight excluding hydrogens is 266 g/mol. The van der Waals surface area contributed by atoms with E-state index in [1.807, 2.05) is 13.8 Å². The summed E-state index contributed by atoms with van der Waals surface area (Å²) in [6.07, 6.45) is -0.333. The van der Waals surface area contributed by atoms with Gasteiger partial charge in [0.25, 0.3) is 5.91 Å². The van der Waals surface area contributed by atoms with E-state index < -0.39 is 5.60 Å². The normalized spacial score (nSPS) is 22.3. The highest BCUT2D eigenvalue weighted by molar-refractivity contribution is 6.30. The number of hydrogen-bond donors (Lipinski definition) is 1. The SMILES string of the molecule is CC1(C)CN(C(=O)c2ccc(Cl)cc2)CC(CO)O1. The van der Waals surface area contributed by atoms with Crippen molar-refractivity contribution in [2.24, 2.45) is 0 Å². The van der Waals surface area contributed by atoms with Crippen LogP contribution in [0, 0.1) is 0 Å². The minimum atomic E-state index is -0.451. The number of carbonyl (C=O) groups is 1. The van der Waals surface area contributed by atoms with Crippen LogP contribution in [0.15, 0.2) is 24.3 Å². The number of aliphatic hydroxyl groups excluding tert-OH is 1. The number of rotatable bonds is 2. The Hall–Kier alpha value is -1.10. The lowest BCUT2D eigenvalue weighted by atomic mass is 10.0. The third-order valence-corrected chi connectivity index (χ3v) is 3.32. The van der Waals surface area contributed by atoms with Crippen molar-refractivity contribution >= 4 is 17.5 Å². The molecule has 0 aromatic heterocycles. The second kappa shape index (κ2) is 5.49. The quantitative estimate of drug-likeness (QED) is 0.903. The van der Waals surface area contributed by atoms with Gasteiger partial charge in [-0.1, -0.05) is 11.6 Å². The highest BCUT2D eigenvalue weighted by Crippen LogP contribution is 2.22. The lowest BCUT2D eigenvalue weighted by Gasteiger charge is -2.42. The van der Waals surface area contributed by atoms with E-state index in [1.54, 1.807) is 29.2 Å². The van der Waals surface area contributed by atoms with Crippen LogP contribution in [-0.4, -0.2) is 47.3 Å². The van der Waals surface area contributed by atoms with Gasteiger partial charge in [0, 0.05) is 23.7 Å². The Labute approximate surface area is 117 Å². The van der Waals surface area contributed by atoms with Crippen molar-refractivity contribution in [3.8, 4) is 0 Å². The first kappa shape index (κ1) is 14.3. The van der Waals surface area contributed by atoms with Crippen molar-refractivity contribution in [3.63, 3.8) is 0 Å². The molecule has 1 aromatic rings. The van der Waals surface area contributed by atoms with Crippen molar-refractivity contribution < 1.29 is 14.6 Å². The van der Waals surface area contributed by atoms with Crippen molar-refractivity contribution in [2.45, 2.75) is 25.6 Å². The molecule has 5 heteroatoms. The van der Waals surface area contributed by atoms with Crippen LogP contribution in [0.5, 0.6) is 0 Å². The molecule has 1 aliphatic rings. The molecule has 19 heavy (non-hydrogen) atoms. The Kier molecular flexibility index (Phi) is 4.13. The zero-order valence-electron chi connectivity index (χ0n) is 11.1. The van der Waals surface area contributed by atoms with Crippen molar-refractivity contribution in [3.05, 3.63) is 34.9 Å². The molecule has 0 saturated carbocycles. The van der Waals surface area contributed by atoms with Gasteiger partial charge >= 0.3 is 0 Å². The predicted octanol–water partition coefficient (Wildman–Crippen LogP) is 1.95. The zero-order chi connectivity index (χ0) is 14.0. The maximum Gasteiger partial charge on any atom is 0.254 e. The Morgan fingerprint density at radius 3 is 2.68 bits per heavy atom. The molecule has 1 aliphatic heterocycles. The molecule has 0 radical (unpaired) electrons. The first-order chi connectivity index (χ1) is 8.91. The summed E-state index contributed by atoms with van der Waals surface area (Å²) in [5.41, 5.74) is 0.145. The number of morpholine rings is 1. The molecule has 1 N–H and O–H groups in total. The van der Waals surface area contributed by atoms with E-state index in [-0.39, 0.29) is 18.6 Å². The molecule has 0 aliphatic carbocycles. The molecule has 1 saturated heterocycles. The van der Waals surface area contributed by atoms with Gasteiger partial charge in [-0.3, -0.25) is 4.79 Å². The van der Waals surface area contributed by atoms with Gasteiger partial charge in [-0.15, -0.1) is 0 Å². The maximum atomic E-state index is 12.4. The summed E-state index contributed by atoms with van der Waals surface area (Å²) in [6, 6.07) is 6.82. The van der Waals surface area contributed by atoms with Gasteiger partial charge in [-0.2, -0.15) is 0 Å². The summed E-state index contributed by atoms with van der Waals surface area (Å²) in [5.74, 6) is -0.0634. The van der Waals surface area contributed by atoms with Gasteiger partial charge in [0.1, 0.15) is 0 Å². The van der Waals surface area contributed by atoms with Crippen molar-refractivity contribution in [2.75, 3.05) is 19.7 Å². The Morgan fingerprint density at radius 2 is 2.11 bits per heavy atom. The number of nitrogens with zero attached hydrogens (tertiary/aromatic N) is 1. The summed E-state index contributed by atoms with van der Waals surface area (Å²) in [4.78, 5) is 14.1. The summed E-state index contributed by atoms with van der Waals surface area (Å²) in [6.45, 7) is 4.65. The number of benzene rings is 1. The van der Waals surface area contributed by atoms with Gasteiger partial charge in [0.05, 0.1) is 18.3 Å². The van der Waals surface area contributed by atoms with E-state index in [2.05, 4.69) is 0 Å². The lowest BCUT2D eigenvalue weighted by molar-refractivity contribution is -0.139. The molecule has 104 valence electrons. The standard InChI is InChI=1S/C14H18ClNO3/c1-14(2)9-16(7-12(8-17)19-14)13(18)10-3-5-11(15)6-4-10/h3-6,12,17H,7-9H2,1-2H3. The summed E-state index contributed by atoms with van der Waals surface area (Å²) in [5, 5.41) is 9.85. The number of ether oxygens (including phenoxy) is 1. The fourth-order valence-electron chi connectivity index (χ4n) is 2.32. The van der Waals surface area contributed by atoms with E-state index >= 15 is 0 Å². The Balaban J connectivity index is 2.16. The molecule has 4 nitrogen and oxygen atoms in total. The highest BCUT2D eigenvalue weighted by atomic mass is 35.5.